The second-order valence-corrected chi connectivity index (χ2v) is 5.10. The molecule has 3 N–H and O–H groups in total. The highest BCUT2D eigenvalue weighted by Crippen LogP contribution is 2.26. The lowest BCUT2D eigenvalue weighted by atomic mass is 10.1. The number of rotatable bonds is 4. The van der Waals surface area contributed by atoms with Crippen LogP contribution in [0.4, 0.5) is 17.1 Å². The van der Waals surface area contributed by atoms with Crippen molar-refractivity contribution in [3.8, 4) is 11.3 Å². The fourth-order valence-corrected chi connectivity index (χ4v) is 2.22. The summed E-state index contributed by atoms with van der Waals surface area (Å²) in [6, 6.07) is 16.3. The van der Waals surface area contributed by atoms with Crippen LogP contribution >= 0.6 is 0 Å². The maximum atomic E-state index is 11.9. The third-order valence-corrected chi connectivity index (χ3v) is 3.25. The van der Waals surface area contributed by atoms with Crippen LogP contribution in [0, 0.1) is 0 Å². The van der Waals surface area contributed by atoms with E-state index in [9.17, 15) is 9.59 Å². The van der Waals surface area contributed by atoms with Gasteiger partial charge in [-0.15, -0.1) is 5.11 Å². The lowest BCUT2D eigenvalue weighted by molar-refractivity contribution is -0.114. The molecule has 1 aromatic heterocycles. The Labute approximate surface area is 137 Å². The van der Waals surface area contributed by atoms with Crippen molar-refractivity contribution >= 4 is 23.0 Å². The van der Waals surface area contributed by atoms with E-state index >= 15 is 0 Å². The Bertz CT molecular complexity index is 941. The summed E-state index contributed by atoms with van der Waals surface area (Å²) >= 11 is 0. The van der Waals surface area contributed by atoms with Gasteiger partial charge in [0.05, 0.1) is 11.4 Å². The highest BCUT2D eigenvalue weighted by atomic mass is 16.1. The highest BCUT2D eigenvalue weighted by Gasteiger charge is 2.11. The molecular weight excluding hydrogens is 306 g/mol. The summed E-state index contributed by atoms with van der Waals surface area (Å²) in [7, 11) is 0. The van der Waals surface area contributed by atoms with Crippen LogP contribution in [0.15, 0.2) is 69.6 Å². The molecule has 1 amide bonds. The van der Waals surface area contributed by atoms with Gasteiger partial charge in [0, 0.05) is 18.2 Å². The summed E-state index contributed by atoms with van der Waals surface area (Å²) in [6.07, 6.45) is 0. The van der Waals surface area contributed by atoms with Crippen molar-refractivity contribution in [2.75, 3.05) is 5.32 Å². The third-order valence-electron chi connectivity index (χ3n) is 3.25. The largest absolute Gasteiger partial charge is 0.326 e. The summed E-state index contributed by atoms with van der Waals surface area (Å²) in [5.41, 5.74) is 2.40. The Kier molecular flexibility index (Phi) is 4.33. The molecule has 0 aliphatic carbocycles. The van der Waals surface area contributed by atoms with E-state index in [0.717, 1.165) is 5.56 Å². The van der Waals surface area contributed by atoms with E-state index in [1.54, 1.807) is 24.3 Å². The molecule has 0 bridgehead atoms. The van der Waals surface area contributed by atoms with Crippen LogP contribution in [-0.2, 0) is 4.79 Å². The number of nitrogens with one attached hydrogen (secondary N) is 3. The Balaban J connectivity index is 1.92. The lowest BCUT2D eigenvalue weighted by Crippen LogP contribution is -2.05. The fourth-order valence-electron chi connectivity index (χ4n) is 2.22. The standard InChI is InChI=1S/C17H15N5O2/c1-11(23)18-13-8-5-9-14(10-13)19-21-16-15(20-22-17(16)24)12-6-3-2-4-7-12/h2-10H,1H3,(H,18,23)(H2,20,22,24). The topological polar surface area (TPSA) is 102 Å². The summed E-state index contributed by atoms with van der Waals surface area (Å²) in [5.74, 6) is -0.169. The van der Waals surface area contributed by atoms with E-state index in [1.807, 2.05) is 30.3 Å². The van der Waals surface area contributed by atoms with Crippen molar-refractivity contribution in [2.45, 2.75) is 6.92 Å². The molecule has 0 radical (unpaired) electrons. The second kappa shape index (κ2) is 6.74. The molecule has 0 saturated heterocycles. The average Bonchev–Trinajstić information content (AvgIpc) is 2.94. The lowest BCUT2D eigenvalue weighted by Gasteiger charge is -2.01. The number of hydrogen-bond donors (Lipinski definition) is 3. The van der Waals surface area contributed by atoms with Gasteiger partial charge in [-0.1, -0.05) is 36.4 Å². The number of aromatic amines is 2. The molecule has 1 heterocycles. The number of azo groups is 1. The van der Waals surface area contributed by atoms with E-state index in [1.165, 1.54) is 6.92 Å². The molecular formula is C17H15N5O2. The van der Waals surface area contributed by atoms with E-state index < -0.39 is 0 Å². The van der Waals surface area contributed by atoms with Crippen LogP contribution in [0.3, 0.4) is 0 Å². The molecule has 0 atom stereocenters. The smallest absolute Gasteiger partial charge is 0.292 e. The average molecular weight is 321 g/mol. The van der Waals surface area contributed by atoms with Crippen LogP contribution in [0.2, 0.25) is 0 Å². The maximum absolute atomic E-state index is 11.9. The minimum atomic E-state index is -0.351. The van der Waals surface area contributed by atoms with E-state index in [-0.39, 0.29) is 17.2 Å². The molecule has 0 saturated carbocycles. The Hall–Kier alpha value is -3.48. The molecule has 0 unspecified atom stereocenters. The quantitative estimate of drug-likeness (QED) is 0.637. The number of benzene rings is 2. The third kappa shape index (κ3) is 3.46. The van der Waals surface area contributed by atoms with Crippen LogP contribution in [0.25, 0.3) is 11.3 Å². The molecule has 2 aromatic carbocycles. The summed E-state index contributed by atoms with van der Waals surface area (Å²) in [5, 5.41) is 16.2. The van der Waals surface area contributed by atoms with Gasteiger partial charge in [0.15, 0.2) is 5.69 Å². The molecule has 7 heteroatoms. The Morgan fingerprint density at radius 2 is 1.79 bits per heavy atom. The minimum absolute atomic E-state index is 0.169. The van der Waals surface area contributed by atoms with Gasteiger partial charge in [0.2, 0.25) is 5.91 Å². The Morgan fingerprint density at radius 1 is 1.00 bits per heavy atom. The molecule has 7 nitrogen and oxygen atoms in total. The number of aromatic nitrogens is 2. The molecule has 0 aliphatic rings. The maximum Gasteiger partial charge on any atom is 0.292 e. The number of hydrogen-bond acceptors (Lipinski definition) is 4. The predicted octanol–water partition coefficient (Wildman–Crippen LogP) is 3.74. The number of anilines is 1. The van der Waals surface area contributed by atoms with E-state index in [0.29, 0.717) is 17.1 Å². The zero-order chi connectivity index (χ0) is 16.9. The van der Waals surface area contributed by atoms with Crippen molar-refractivity contribution in [1.29, 1.82) is 0 Å². The van der Waals surface area contributed by atoms with Crippen LogP contribution in [-0.4, -0.2) is 16.1 Å². The molecule has 3 aromatic rings. The first-order valence-electron chi connectivity index (χ1n) is 7.29. The normalized spacial score (nSPS) is 10.9. The number of carbonyl (C=O) groups excluding carboxylic acids is 1. The number of nitrogens with zero attached hydrogens (tertiary/aromatic N) is 2. The highest BCUT2D eigenvalue weighted by molar-refractivity contribution is 5.89. The van der Waals surface area contributed by atoms with Crippen LogP contribution in [0.5, 0.6) is 0 Å². The van der Waals surface area contributed by atoms with E-state index in [2.05, 4.69) is 25.7 Å². The first kappa shape index (κ1) is 15.4. The SMILES string of the molecule is CC(=O)Nc1cccc(N=Nc2c(-c3ccccc3)[nH][nH]c2=O)c1. The molecule has 0 aliphatic heterocycles. The predicted molar refractivity (Wildman–Crippen MR) is 91.8 cm³/mol. The molecule has 24 heavy (non-hydrogen) atoms. The minimum Gasteiger partial charge on any atom is -0.326 e. The first-order chi connectivity index (χ1) is 11.6. The zero-order valence-electron chi connectivity index (χ0n) is 12.9. The number of carbonyl (C=O) groups is 1. The monoisotopic (exact) mass is 321 g/mol. The van der Waals surface area contributed by atoms with Crippen LogP contribution < -0.4 is 10.9 Å². The molecule has 120 valence electrons. The van der Waals surface area contributed by atoms with Crippen molar-refractivity contribution in [3.63, 3.8) is 0 Å². The van der Waals surface area contributed by atoms with E-state index in [4.69, 9.17) is 0 Å². The first-order valence-corrected chi connectivity index (χ1v) is 7.29. The van der Waals surface area contributed by atoms with Gasteiger partial charge >= 0.3 is 0 Å². The van der Waals surface area contributed by atoms with Gasteiger partial charge in [-0.05, 0) is 18.2 Å². The van der Waals surface area contributed by atoms with Gasteiger partial charge in [-0.25, -0.2) is 0 Å². The zero-order valence-corrected chi connectivity index (χ0v) is 12.9. The number of amides is 1. The molecule has 0 fully saturated rings. The van der Waals surface area contributed by atoms with Gasteiger partial charge < -0.3 is 5.32 Å². The van der Waals surface area contributed by atoms with Gasteiger partial charge in [0.1, 0.15) is 0 Å². The second-order valence-electron chi connectivity index (χ2n) is 5.10. The summed E-state index contributed by atoms with van der Waals surface area (Å²) in [4.78, 5) is 23.0. The summed E-state index contributed by atoms with van der Waals surface area (Å²) < 4.78 is 0. The van der Waals surface area contributed by atoms with Gasteiger partial charge in [-0.2, -0.15) is 5.11 Å². The van der Waals surface area contributed by atoms with Crippen molar-refractivity contribution in [2.24, 2.45) is 10.2 Å². The van der Waals surface area contributed by atoms with Gasteiger partial charge in [0.25, 0.3) is 5.56 Å². The van der Waals surface area contributed by atoms with Crippen molar-refractivity contribution in [3.05, 3.63) is 65.0 Å². The molecule has 0 spiro atoms. The van der Waals surface area contributed by atoms with Crippen LogP contribution in [0.1, 0.15) is 6.92 Å². The number of H-pyrrole nitrogens is 2. The fraction of sp³-hybridized carbons (Fsp3) is 0.0588. The Morgan fingerprint density at radius 3 is 2.54 bits per heavy atom. The van der Waals surface area contributed by atoms with Crippen molar-refractivity contribution in [1.82, 2.24) is 10.2 Å². The van der Waals surface area contributed by atoms with Gasteiger partial charge in [-0.3, -0.25) is 19.8 Å². The summed E-state index contributed by atoms with van der Waals surface area (Å²) in [6.45, 7) is 1.43. The molecule has 3 rings (SSSR count). The van der Waals surface area contributed by atoms with Crippen molar-refractivity contribution < 1.29 is 4.79 Å².